The molecule has 0 aliphatic rings. The molecule has 0 aromatic rings. The van der Waals surface area contributed by atoms with Gasteiger partial charge in [0.1, 0.15) is 6.61 Å². The van der Waals surface area contributed by atoms with Crippen LogP contribution in [0, 0.1) is 0 Å². The Bertz CT molecular complexity index is 108. The van der Waals surface area contributed by atoms with E-state index in [2.05, 4.69) is 4.74 Å². The molecular formula is C4H8O5. The molecule has 0 bridgehead atoms. The molecule has 0 unspecified atom stereocenters. The van der Waals surface area contributed by atoms with Gasteiger partial charge < -0.3 is 20.1 Å². The van der Waals surface area contributed by atoms with Gasteiger partial charge in [0, 0.05) is 0 Å². The van der Waals surface area contributed by atoms with Crippen molar-refractivity contribution < 1.29 is 24.9 Å². The fraction of sp³-hybridized carbons (Fsp3) is 0.750. The molecular weight excluding hydrogens is 128 g/mol. The van der Waals surface area contributed by atoms with E-state index < -0.39 is 18.4 Å². The summed E-state index contributed by atoms with van der Waals surface area (Å²) in [5.41, 5.74) is 0. The molecule has 0 aliphatic heterocycles. The Morgan fingerprint density at radius 3 is 2.22 bits per heavy atom. The molecule has 0 spiro atoms. The summed E-state index contributed by atoms with van der Waals surface area (Å²) in [7, 11) is 0.985. The third-order valence-electron chi connectivity index (χ3n) is 0.733. The van der Waals surface area contributed by atoms with Gasteiger partial charge >= 0.3 is 5.97 Å². The van der Waals surface area contributed by atoms with Gasteiger partial charge in [-0.2, -0.15) is 0 Å². The Kier molecular flexibility index (Phi) is 2.57. The second-order valence-corrected chi connectivity index (χ2v) is 1.47. The first-order valence-corrected chi connectivity index (χ1v) is 2.18. The van der Waals surface area contributed by atoms with E-state index in [0.29, 0.717) is 0 Å². The summed E-state index contributed by atoms with van der Waals surface area (Å²) < 4.78 is 3.91. The number of ether oxygens (including phenoxy) is 1. The molecule has 54 valence electrons. The Hall–Kier alpha value is -0.650. The summed E-state index contributed by atoms with van der Waals surface area (Å²) in [6.45, 7) is -1.07. The van der Waals surface area contributed by atoms with Crippen LogP contribution in [0.5, 0.6) is 0 Å². The van der Waals surface area contributed by atoms with Crippen molar-refractivity contribution in [3.05, 3.63) is 0 Å². The largest absolute Gasteiger partial charge is 0.465 e. The van der Waals surface area contributed by atoms with E-state index in [1.54, 1.807) is 0 Å². The van der Waals surface area contributed by atoms with Gasteiger partial charge in [0.15, 0.2) is 0 Å². The summed E-state index contributed by atoms with van der Waals surface area (Å²) in [5, 5.41) is 24.9. The van der Waals surface area contributed by atoms with Crippen molar-refractivity contribution in [1.82, 2.24) is 0 Å². The molecule has 0 aliphatic carbocycles. The lowest BCUT2D eigenvalue weighted by atomic mass is 10.3. The molecule has 3 N–H and O–H groups in total. The Balaban J connectivity index is 3.97. The predicted octanol–water partition coefficient (Wildman–Crippen LogP) is -2.17. The Morgan fingerprint density at radius 2 is 2.11 bits per heavy atom. The maximum atomic E-state index is 10.2. The van der Waals surface area contributed by atoms with Crippen LogP contribution in [0.4, 0.5) is 0 Å². The first-order chi connectivity index (χ1) is 4.04. The molecule has 5 nitrogen and oxygen atoms in total. The van der Waals surface area contributed by atoms with Crippen LogP contribution in [-0.2, 0) is 9.53 Å². The number of methoxy groups -OCH3 is 1. The van der Waals surface area contributed by atoms with Crippen molar-refractivity contribution in [1.29, 1.82) is 0 Å². The summed E-state index contributed by atoms with van der Waals surface area (Å²) >= 11 is 0. The SMILES string of the molecule is COC(=O)C(O)(O)CO. The number of rotatable bonds is 2. The first kappa shape index (κ1) is 8.35. The smallest absolute Gasteiger partial charge is 0.368 e. The fourth-order valence-electron chi connectivity index (χ4n) is 0.228. The molecule has 0 fully saturated rings. The monoisotopic (exact) mass is 136 g/mol. The maximum Gasteiger partial charge on any atom is 0.368 e. The minimum atomic E-state index is -2.76. The average molecular weight is 136 g/mol. The molecule has 0 radical (unpaired) electrons. The van der Waals surface area contributed by atoms with Crippen LogP contribution in [0.1, 0.15) is 0 Å². The van der Waals surface area contributed by atoms with Gasteiger partial charge in [0.05, 0.1) is 7.11 Å². The quantitative estimate of drug-likeness (QED) is 0.297. The van der Waals surface area contributed by atoms with Crippen molar-refractivity contribution >= 4 is 5.97 Å². The van der Waals surface area contributed by atoms with Crippen LogP contribution in [0.15, 0.2) is 0 Å². The first-order valence-electron chi connectivity index (χ1n) is 2.18. The third-order valence-corrected chi connectivity index (χ3v) is 0.733. The van der Waals surface area contributed by atoms with Gasteiger partial charge in [-0.25, -0.2) is 4.79 Å². The fourth-order valence-corrected chi connectivity index (χ4v) is 0.228. The van der Waals surface area contributed by atoms with Crippen molar-refractivity contribution in [2.75, 3.05) is 13.7 Å². The molecule has 0 rings (SSSR count). The topological polar surface area (TPSA) is 87.0 Å². The van der Waals surface area contributed by atoms with E-state index in [1.807, 2.05) is 0 Å². The Labute approximate surface area is 51.5 Å². The summed E-state index contributed by atoms with van der Waals surface area (Å²) in [5.74, 6) is -4.03. The van der Waals surface area contributed by atoms with Crippen molar-refractivity contribution in [3.63, 3.8) is 0 Å². The molecule has 0 heterocycles. The summed E-state index contributed by atoms with van der Waals surface area (Å²) in [6.07, 6.45) is 0. The molecule has 9 heavy (non-hydrogen) atoms. The number of aliphatic hydroxyl groups excluding tert-OH is 1. The van der Waals surface area contributed by atoms with Crippen LogP contribution >= 0.6 is 0 Å². The number of hydrogen-bond acceptors (Lipinski definition) is 5. The van der Waals surface area contributed by atoms with E-state index in [0.717, 1.165) is 7.11 Å². The highest BCUT2D eigenvalue weighted by Crippen LogP contribution is 1.98. The molecule has 0 aromatic carbocycles. The minimum Gasteiger partial charge on any atom is -0.465 e. The number of esters is 1. The number of carbonyl (C=O) groups is 1. The van der Waals surface area contributed by atoms with E-state index in [-0.39, 0.29) is 0 Å². The average Bonchev–Trinajstić information content (AvgIpc) is 1.86. The van der Waals surface area contributed by atoms with Crippen LogP contribution < -0.4 is 0 Å². The normalized spacial score (nSPS) is 11.1. The summed E-state index contributed by atoms with van der Waals surface area (Å²) in [4.78, 5) is 10.2. The van der Waals surface area contributed by atoms with Crippen molar-refractivity contribution in [2.45, 2.75) is 5.79 Å². The lowest BCUT2D eigenvalue weighted by Gasteiger charge is -2.14. The van der Waals surface area contributed by atoms with Gasteiger partial charge in [-0.1, -0.05) is 0 Å². The highest BCUT2D eigenvalue weighted by molar-refractivity contribution is 5.77. The van der Waals surface area contributed by atoms with Crippen molar-refractivity contribution in [2.24, 2.45) is 0 Å². The van der Waals surface area contributed by atoms with Gasteiger partial charge in [-0.05, 0) is 0 Å². The predicted molar refractivity (Wildman–Crippen MR) is 26.3 cm³/mol. The third kappa shape index (κ3) is 1.96. The number of aliphatic hydroxyl groups is 3. The van der Waals surface area contributed by atoms with Gasteiger partial charge in [0.2, 0.25) is 0 Å². The molecule has 0 saturated heterocycles. The molecule has 0 atom stereocenters. The van der Waals surface area contributed by atoms with E-state index in [4.69, 9.17) is 15.3 Å². The van der Waals surface area contributed by atoms with Crippen LogP contribution in [0.2, 0.25) is 0 Å². The second-order valence-electron chi connectivity index (χ2n) is 1.47. The second kappa shape index (κ2) is 2.77. The van der Waals surface area contributed by atoms with E-state index in [1.165, 1.54) is 0 Å². The van der Waals surface area contributed by atoms with Crippen LogP contribution in [0.25, 0.3) is 0 Å². The molecule has 0 saturated carbocycles. The van der Waals surface area contributed by atoms with Gasteiger partial charge in [-0.3, -0.25) is 0 Å². The minimum absolute atomic E-state index is 0.985. The lowest BCUT2D eigenvalue weighted by Crippen LogP contribution is -2.42. The van der Waals surface area contributed by atoms with Crippen LogP contribution in [0.3, 0.4) is 0 Å². The van der Waals surface area contributed by atoms with Gasteiger partial charge in [-0.15, -0.1) is 0 Å². The number of carbonyl (C=O) groups excluding carboxylic acids is 1. The highest BCUT2D eigenvalue weighted by Gasteiger charge is 2.33. The molecule has 0 aromatic heterocycles. The van der Waals surface area contributed by atoms with E-state index >= 15 is 0 Å². The standard InChI is InChI=1S/C4H8O5/c1-9-3(6)4(7,8)2-5/h5,7-8H,2H2,1H3. The Morgan fingerprint density at radius 1 is 1.67 bits per heavy atom. The molecule has 0 amide bonds. The number of hydrogen-bond donors (Lipinski definition) is 3. The van der Waals surface area contributed by atoms with Crippen LogP contribution in [-0.4, -0.2) is 40.8 Å². The van der Waals surface area contributed by atoms with E-state index in [9.17, 15) is 4.79 Å². The van der Waals surface area contributed by atoms with Crippen molar-refractivity contribution in [3.8, 4) is 0 Å². The highest BCUT2D eigenvalue weighted by atomic mass is 16.6. The lowest BCUT2D eigenvalue weighted by molar-refractivity contribution is -0.217. The summed E-state index contributed by atoms with van der Waals surface area (Å²) in [6, 6.07) is 0. The zero-order valence-corrected chi connectivity index (χ0v) is 4.87. The zero-order valence-electron chi connectivity index (χ0n) is 4.87. The van der Waals surface area contributed by atoms with Gasteiger partial charge in [0.25, 0.3) is 5.79 Å². The molecule has 5 heteroatoms. The maximum absolute atomic E-state index is 10.2. The zero-order chi connectivity index (χ0) is 7.49.